The fourth-order valence-corrected chi connectivity index (χ4v) is 5.12. The molecule has 0 unspecified atom stereocenters. The molecule has 28 heavy (non-hydrogen) atoms. The molecule has 0 aliphatic rings. The van der Waals surface area contributed by atoms with Gasteiger partial charge in [-0.25, -0.2) is 13.1 Å². The Hall–Kier alpha value is -1.27. The molecule has 0 atom stereocenters. The Morgan fingerprint density at radius 1 is 0.857 bits per heavy atom. The number of sulfonamides is 1. The van der Waals surface area contributed by atoms with Gasteiger partial charge in [-0.15, -0.1) is 0 Å². The lowest BCUT2D eigenvalue weighted by atomic mass is 9.81. The van der Waals surface area contributed by atoms with E-state index in [2.05, 4.69) is 11.6 Å². The molecule has 0 spiro atoms. The van der Waals surface area contributed by atoms with Crippen molar-refractivity contribution in [2.24, 2.45) is 0 Å². The summed E-state index contributed by atoms with van der Waals surface area (Å²) in [5, 5.41) is 20.9. The van der Waals surface area contributed by atoms with Crippen molar-refractivity contribution in [3.05, 3.63) is 23.3 Å². The van der Waals surface area contributed by atoms with Gasteiger partial charge in [-0.1, -0.05) is 73.6 Å². The molecule has 0 saturated heterocycles. The molecule has 1 aromatic carbocycles. The molecule has 0 amide bonds. The van der Waals surface area contributed by atoms with E-state index in [0.717, 1.165) is 19.3 Å². The summed E-state index contributed by atoms with van der Waals surface area (Å²) in [6.07, 6.45) is 6.60. The molecule has 0 heterocycles. The predicted molar refractivity (Wildman–Crippen MR) is 117 cm³/mol. The fourth-order valence-electron chi connectivity index (χ4n) is 3.46. The number of phenolic OH excluding ortho intramolecular Hbond substituents is 2. The number of benzene rings is 1. The molecular formula is C22H39NO4S. The zero-order chi connectivity index (χ0) is 21.6. The average molecular weight is 414 g/mol. The van der Waals surface area contributed by atoms with Crippen molar-refractivity contribution >= 4 is 10.0 Å². The van der Waals surface area contributed by atoms with Gasteiger partial charge in [0.05, 0.1) is 5.75 Å². The minimum atomic E-state index is -3.50. The summed E-state index contributed by atoms with van der Waals surface area (Å²) in [5.41, 5.74) is -0.100. The Labute approximate surface area is 171 Å². The molecule has 0 aliphatic carbocycles. The predicted octanol–water partition coefficient (Wildman–Crippen LogP) is 4.95. The van der Waals surface area contributed by atoms with Gasteiger partial charge in [-0.3, -0.25) is 0 Å². The Kier molecular flexibility index (Phi) is 8.82. The summed E-state index contributed by atoms with van der Waals surface area (Å²) in [4.78, 5) is 0. The van der Waals surface area contributed by atoms with Crippen LogP contribution in [0.3, 0.4) is 0 Å². The molecule has 1 rings (SSSR count). The standard InChI is InChI=1S/C22H39NO4S/c1-7-8-9-10-11-12-13-23-28(26,27)16-22(5,6)18-15-19(24)17(14-20(18)25)21(2,3)4/h14-15,23-25H,7-13,16H2,1-6H3. The summed E-state index contributed by atoms with van der Waals surface area (Å²) in [6.45, 7) is 12.0. The Morgan fingerprint density at radius 2 is 1.36 bits per heavy atom. The van der Waals surface area contributed by atoms with Crippen LogP contribution in [0.25, 0.3) is 0 Å². The van der Waals surface area contributed by atoms with Crippen LogP contribution in [0, 0.1) is 0 Å². The summed E-state index contributed by atoms with van der Waals surface area (Å²) >= 11 is 0. The van der Waals surface area contributed by atoms with Crippen LogP contribution in [-0.2, 0) is 20.9 Å². The maximum atomic E-state index is 12.5. The van der Waals surface area contributed by atoms with Crippen molar-refractivity contribution in [1.82, 2.24) is 4.72 Å². The highest BCUT2D eigenvalue weighted by molar-refractivity contribution is 7.89. The molecule has 162 valence electrons. The van der Waals surface area contributed by atoms with E-state index in [1.54, 1.807) is 19.9 Å². The normalized spacial score (nSPS) is 13.1. The van der Waals surface area contributed by atoms with Gasteiger partial charge in [-0.2, -0.15) is 0 Å². The van der Waals surface area contributed by atoms with Crippen LogP contribution >= 0.6 is 0 Å². The van der Waals surface area contributed by atoms with E-state index in [0.29, 0.717) is 17.7 Å². The number of aromatic hydroxyl groups is 2. The first-order valence-corrected chi connectivity index (χ1v) is 12.0. The third-order valence-electron chi connectivity index (χ3n) is 5.05. The second-order valence-corrected chi connectivity index (χ2v) is 11.2. The lowest BCUT2D eigenvalue weighted by molar-refractivity contribution is 0.418. The maximum absolute atomic E-state index is 12.5. The Bertz CT molecular complexity index is 734. The first-order valence-electron chi connectivity index (χ1n) is 10.3. The highest BCUT2D eigenvalue weighted by Gasteiger charge is 2.32. The van der Waals surface area contributed by atoms with E-state index in [9.17, 15) is 18.6 Å². The SMILES string of the molecule is CCCCCCCCNS(=O)(=O)CC(C)(C)c1cc(O)c(C(C)(C)C)cc1O. The smallest absolute Gasteiger partial charge is 0.212 e. The molecule has 0 aliphatic heterocycles. The minimum Gasteiger partial charge on any atom is -0.508 e. The number of hydrogen-bond donors (Lipinski definition) is 3. The second-order valence-electron chi connectivity index (χ2n) is 9.44. The van der Waals surface area contributed by atoms with E-state index in [1.165, 1.54) is 25.3 Å². The number of rotatable bonds is 11. The van der Waals surface area contributed by atoms with Crippen molar-refractivity contribution in [2.45, 2.75) is 90.9 Å². The van der Waals surface area contributed by atoms with Gasteiger partial charge < -0.3 is 10.2 Å². The van der Waals surface area contributed by atoms with Gasteiger partial charge in [0.25, 0.3) is 0 Å². The van der Waals surface area contributed by atoms with Crippen LogP contribution in [0.2, 0.25) is 0 Å². The zero-order valence-corrected chi connectivity index (χ0v) is 19.2. The summed E-state index contributed by atoms with van der Waals surface area (Å²) in [7, 11) is -3.50. The highest BCUT2D eigenvalue weighted by atomic mass is 32.2. The van der Waals surface area contributed by atoms with Gasteiger partial charge in [0.15, 0.2) is 0 Å². The van der Waals surface area contributed by atoms with E-state index >= 15 is 0 Å². The van der Waals surface area contributed by atoms with Gasteiger partial charge in [-0.05, 0) is 24.0 Å². The first-order chi connectivity index (χ1) is 12.8. The summed E-state index contributed by atoms with van der Waals surface area (Å²) < 4.78 is 27.7. The third kappa shape index (κ3) is 7.63. The van der Waals surface area contributed by atoms with Crippen LogP contribution in [0.4, 0.5) is 0 Å². The lowest BCUT2D eigenvalue weighted by Crippen LogP contribution is -2.36. The molecule has 1 aromatic rings. The second kappa shape index (κ2) is 9.97. The van der Waals surface area contributed by atoms with E-state index in [1.807, 2.05) is 20.8 Å². The van der Waals surface area contributed by atoms with Gasteiger partial charge in [0, 0.05) is 23.1 Å². The van der Waals surface area contributed by atoms with Crippen LogP contribution in [0.5, 0.6) is 11.5 Å². The molecule has 6 heteroatoms. The molecule has 0 aromatic heterocycles. The Balaban J connectivity index is 2.78. The number of phenols is 2. The van der Waals surface area contributed by atoms with Crippen LogP contribution < -0.4 is 4.72 Å². The molecule has 0 fully saturated rings. The van der Waals surface area contributed by atoms with Crippen LogP contribution in [-0.4, -0.2) is 30.9 Å². The van der Waals surface area contributed by atoms with E-state index in [4.69, 9.17) is 0 Å². The van der Waals surface area contributed by atoms with Gasteiger partial charge in [0.1, 0.15) is 11.5 Å². The van der Waals surface area contributed by atoms with Crippen LogP contribution in [0.15, 0.2) is 12.1 Å². The molecule has 3 N–H and O–H groups in total. The van der Waals surface area contributed by atoms with Crippen LogP contribution in [0.1, 0.15) is 91.2 Å². The van der Waals surface area contributed by atoms with Gasteiger partial charge in [0.2, 0.25) is 10.0 Å². The first kappa shape index (κ1) is 24.8. The number of hydrogen-bond acceptors (Lipinski definition) is 4. The molecule has 0 saturated carbocycles. The quantitative estimate of drug-likeness (QED) is 0.354. The zero-order valence-electron chi connectivity index (χ0n) is 18.4. The topological polar surface area (TPSA) is 86.6 Å². The molecule has 0 bridgehead atoms. The largest absolute Gasteiger partial charge is 0.508 e. The molecule has 5 nitrogen and oxygen atoms in total. The third-order valence-corrected chi connectivity index (χ3v) is 6.80. The summed E-state index contributed by atoms with van der Waals surface area (Å²) in [5.74, 6) is -0.0674. The van der Waals surface area contributed by atoms with E-state index < -0.39 is 15.4 Å². The molecule has 0 radical (unpaired) electrons. The van der Waals surface area contributed by atoms with Gasteiger partial charge >= 0.3 is 0 Å². The highest BCUT2D eigenvalue weighted by Crippen LogP contribution is 2.40. The minimum absolute atomic E-state index is 0.0128. The number of unbranched alkanes of at least 4 members (excludes halogenated alkanes) is 5. The number of nitrogens with one attached hydrogen (secondary N) is 1. The average Bonchev–Trinajstić information content (AvgIpc) is 2.53. The van der Waals surface area contributed by atoms with E-state index in [-0.39, 0.29) is 22.7 Å². The summed E-state index contributed by atoms with van der Waals surface area (Å²) in [6, 6.07) is 3.04. The van der Waals surface area contributed by atoms with Crippen molar-refractivity contribution in [3.63, 3.8) is 0 Å². The van der Waals surface area contributed by atoms with Crippen molar-refractivity contribution in [3.8, 4) is 11.5 Å². The monoisotopic (exact) mass is 413 g/mol. The lowest BCUT2D eigenvalue weighted by Gasteiger charge is -2.28. The van der Waals surface area contributed by atoms with Crippen molar-refractivity contribution < 1.29 is 18.6 Å². The molecular weight excluding hydrogens is 374 g/mol. The van der Waals surface area contributed by atoms with Crippen molar-refractivity contribution in [1.29, 1.82) is 0 Å². The fraction of sp³-hybridized carbons (Fsp3) is 0.727. The maximum Gasteiger partial charge on any atom is 0.212 e. The van der Waals surface area contributed by atoms with Crippen molar-refractivity contribution in [2.75, 3.05) is 12.3 Å². The Morgan fingerprint density at radius 3 is 1.93 bits per heavy atom.